The van der Waals surface area contributed by atoms with Crippen LogP contribution in [-0.4, -0.2) is 12.1 Å². The third-order valence-corrected chi connectivity index (χ3v) is 4.75. The smallest absolute Gasteiger partial charge is 0.266 e. The summed E-state index contributed by atoms with van der Waals surface area (Å²) in [6.45, 7) is 0. The number of H-pyrrole nitrogens is 1. The van der Waals surface area contributed by atoms with Gasteiger partial charge in [-0.1, -0.05) is 0 Å². The highest BCUT2D eigenvalue weighted by molar-refractivity contribution is 7.26. The lowest BCUT2D eigenvalue weighted by molar-refractivity contribution is 0.415. The third-order valence-electron chi connectivity index (χ3n) is 3.60. The molecule has 1 N–H and O–H groups in total. The van der Waals surface area contributed by atoms with Crippen molar-refractivity contribution < 1.29 is 9.13 Å². The number of hydrogen-bond acceptors (Lipinski definition) is 3. The number of benzene rings is 2. The topological polar surface area (TPSA) is 42.1 Å². The van der Waals surface area contributed by atoms with Gasteiger partial charge in [0, 0.05) is 26.4 Å². The molecule has 2 aromatic heterocycles. The van der Waals surface area contributed by atoms with Crippen LogP contribution < -0.4 is 10.3 Å². The zero-order chi connectivity index (χ0) is 14.6. The van der Waals surface area contributed by atoms with Gasteiger partial charge in [-0.25, -0.2) is 4.39 Å². The molecule has 0 fully saturated rings. The molecule has 0 saturated heterocycles. The highest BCUT2D eigenvalue weighted by atomic mass is 32.1. The Kier molecular flexibility index (Phi) is 2.53. The second kappa shape index (κ2) is 4.30. The second-order valence-electron chi connectivity index (χ2n) is 4.81. The summed E-state index contributed by atoms with van der Waals surface area (Å²) in [6, 6.07) is 10.1. The molecule has 5 heteroatoms. The molecule has 0 aliphatic rings. The predicted octanol–water partition coefficient (Wildman–Crippen LogP) is 4.04. The third kappa shape index (κ3) is 1.74. The fourth-order valence-electron chi connectivity index (χ4n) is 2.64. The van der Waals surface area contributed by atoms with Crippen LogP contribution in [0.4, 0.5) is 4.39 Å². The molecule has 0 saturated carbocycles. The SMILES string of the molecule is COc1ccc2[nH]c(=O)c3sc4cc(F)ccc4c3c2c1. The van der Waals surface area contributed by atoms with Crippen LogP contribution in [0, 0.1) is 5.82 Å². The molecular weight excluding hydrogens is 289 g/mol. The second-order valence-corrected chi connectivity index (χ2v) is 5.86. The van der Waals surface area contributed by atoms with Gasteiger partial charge in [0.05, 0.1) is 7.11 Å². The van der Waals surface area contributed by atoms with E-state index in [2.05, 4.69) is 4.98 Å². The Hall–Kier alpha value is -2.40. The van der Waals surface area contributed by atoms with Crippen molar-refractivity contribution in [3.63, 3.8) is 0 Å². The van der Waals surface area contributed by atoms with Crippen molar-refractivity contribution >= 4 is 42.4 Å². The number of aromatic nitrogens is 1. The van der Waals surface area contributed by atoms with Gasteiger partial charge in [0.1, 0.15) is 16.3 Å². The first-order valence-electron chi connectivity index (χ1n) is 6.39. The number of rotatable bonds is 1. The Morgan fingerprint density at radius 1 is 1.14 bits per heavy atom. The Morgan fingerprint density at radius 3 is 2.81 bits per heavy atom. The maximum Gasteiger partial charge on any atom is 0.266 e. The number of ether oxygens (including phenoxy) is 1. The van der Waals surface area contributed by atoms with Gasteiger partial charge < -0.3 is 9.72 Å². The summed E-state index contributed by atoms with van der Waals surface area (Å²) >= 11 is 1.31. The molecule has 0 atom stereocenters. The lowest BCUT2D eigenvalue weighted by Crippen LogP contribution is -2.04. The van der Waals surface area contributed by atoms with Gasteiger partial charge in [-0.3, -0.25) is 4.79 Å². The maximum atomic E-state index is 13.4. The van der Waals surface area contributed by atoms with Crippen LogP contribution in [0.15, 0.2) is 41.2 Å². The maximum absolute atomic E-state index is 13.4. The van der Waals surface area contributed by atoms with E-state index in [0.29, 0.717) is 4.70 Å². The number of nitrogens with one attached hydrogen (secondary N) is 1. The van der Waals surface area contributed by atoms with Gasteiger partial charge in [0.15, 0.2) is 0 Å². The summed E-state index contributed by atoms with van der Waals surface area (Å²) in [4.78, 5) is 15.1. The van der Waals surface area contributed by atoms with Crippen LogP contribution in [0.2, 0.25) is 0 Å². The largest absolute Gasteiger partial charge is 0.497 e. The van der Waals surface area contributed by atoms with Gasteiger partial charge in [-0.2, -0.15) is 0 Å². The normalized spacial score (nSPS) is 11.5. The Bertz CT molecular complexity index is 1060. The predicted molar refractivity (Wildman–Crippen MR) is 84.0 cm³/mol. The molecule has 0 aliphatic heterocycles. The first-order chi connectivity index (χ1) is 10.2. The molecule has 104 valence electrons. The van der Waals surface area contributed by atoms with Gasteiger partial charge >= 0.3 is 0 Å². The minimum atomic E-state index is -0.299. The summed E-state index contributed by atoms with van der Waals surface area (Å²) in [6.07, 6.45) is 0. The summed E-state index contributed by atoms with van der Waals surface area (Å²) < 4.78 is 20.0. The monoisotopic (exact) mass is 299 g/mol. The van der Waals surface area contributed by atoms with E-state index in [-0.39, 0.29) is 11.4 Å². The van der Waals surface area contributed by atoms with Crippen LogP contribution in [-0.2, 0) is 0 Å². The first kappa shape index (κ1) is 12.3. The quantitative estimate of drug-likeness (QED) is 0.576. The first-order valence-corrected chi connectivity index (χ1v) is 7.21. The molecule has 0 amide bonds. The zero-order valence-corrected chi connectivity index (χ0v) is 11.9. The number of aromatic amines is 1. The van der Waals surface area contributed by atoms with E-state index in [4.69, 9.17) is 4.74 Å². The molecule has 3 nitrogen and oxygen atoms in total. The van der Waals surface area contributed by atoms with Crippen molar-refractivity contribution in [1.29, 1.82) is 0 Å². The van der Waals surface area contributed by atoms with Crippen molar-refractivity contribution in [2.45, 2.75) is 0 Å². The molecule has 4 rings (SSSR count). The van der Waals surface area contributed by atoms with Crippen LogP contribution in [0.3, 0.4) is 0 Å². The average molecular weight is 299 g/mol. The standard InChI is InChI=1S/C16H10FNO2S/c1-20-9-3-5-12-11(7-9)14-10-4-2-8(17)6-13(10)21-15(14)16(19)18-12/h2-7H,1H3,(H,18,19). The van der Waals surface area contributed by atoms with Crippen molar-refractivity contribution in [2.24, 2.45) is 0 Å². The Balaban J connectivity index is 2.31. The molecule has 0 radical (unpaired) electrons. The Labute approximate surface area is 122 Å². The molecule has 2 aromatic carbocycles. The van der Waals surface area contributed by atoms with Crippen LogP contribution >= 0.6 is 11.3 Å². The fourth-order valence-corrected chi connectivity index (χ4v) is 3.78. The molecule has 4 aromatic rings. The summed E-state index contributed by atoms with van der Waals surface area (Å²) in [5.41, 5.74) is 0.599. The van der Waals surface area contributed by atoms with E-state index in [9.17, 15) is 9.18 Å². The van der Waals surface area contributed by atoms with Crippen LogP contribution in [0.5, 0.6) is 5.75 Å². The molecule has 0 unspecified atom stereocenters. The number of fused-ring (bicyclic) bond motifs is 5. The number of methoxy groups -OCH3 is 1. The van der Waals surface area contributed by atoms with E-state index in [0.717, 1.165) is 32.1 Å². The average Bonchev–Trinajstić information content (AvgIpc) is 2.86. The highest BCUT2D eigenvalue weighted by Crippen LogP contribution is 2.37. The van der Waals surface area contributed by atoms with E-state index in [1.165, 1.54) is 23.5 Å². The van der Waals surface area contributed by atoms with E-state index in [1.807, 2.05) is 12.1 Å². The summed E-state index contributed by atoms with van der Waals surface area (Å²) in [5, 5.41) is 2.65. The van der Waals surface area contributed by atoms with E-state index in [1.54, 1.807) is 19.2 Å². The molecule has 2 heterocycles. The zero-order valence-electron chi connectivity index (χ0n) is 11.1. The lowest BCUT2D eigenvalue weighted by Gasteiger charge is -2.04. The Morgan fingerprint density at radius 2 is 2.00 bits per heavy atom. The van der Waals surface area contributed by atoms with Gasteiger partial charge in [0.2, 0.25) is 0 Å². The van der Waals surface area contributed by atoms with Crippen LogP contribution in [0.25, 0.3) is 31.1 Å². The van der Waals surface area contributed by atoms with Gasteiger partial charge in [-0.15, -0.1) is 11.3 Å². The van der Waals surface area contributed by atoms with Crippen molar-refractivity contribution in [3.05, 3.63) is 52.6 Å². The van der Waals surface area contributed by atoms with E-state index >= 15 is 0 Å². The minimum absolute atomic E-state index is 0.149. The van der Waals surface area contributed by atoms with E-state index < -0.39 is 0 Å². The number of halogens is 1. The van der Waals surface area contributed by atoms with Crippen molar-refractivity contribution in [2.75, 3.05) is 7.11 Å². The summed E-state index contributed by atoms with van der Waals surface area (Å²) in [7, 11) is 1.60. The molecule has 0 spiro atoms. The number of thiophene rings is 1. The highest BCUT2D eigenvalue weighted by Gasteiger charge is 2.13. The molecular formula is C16H10FNO2S. The lowest BCUT2D eigenvalue weighted by atomic mass is 10.1. The summed E-state index contributed by atoms with van der Waals surface area (Å²) in [5.74, 6) is 0.421. The van der Waals surface area contributed by atoms with Gasteiger partial charge in [-0.05, 0) is 36.4 Å². The minimum Gasteiger partial charge on any atom is -0.497 e. The molecule has 21 heavy (non-hydrogen) atoms. The van der Waals surface area contributed by atoms with Crippen molar-refractivity contribution in [1.82, 2.24) is 4.98 Å². The number of pyridine rings is 1. The molecule has 0 bridgehead atoms. The number of hydrogen-bond donors (Lipinski definition) is 1. The van der Waals surface area contributed by atoms with Crippen LogP contribution in [0.1, 0.15) is 0 Å². The van der Waals surface area contributed by atoms with Gasteiger partial charge in [0.25, 0.3) is 5.56 Å². The van der Waals surface area contributed by atoms with Crippen molar-refractivity contribution in [3.8, 4) is 5.75 Å². The molecule has 0 aliphatic carbocycles. The fraction of sp³-hybridized carbons (Fsp3) is 0.0625.